The molecule has 2 heterocycles. The van der Waals surface area contributed by atoms with E-state index in [9.17, 15) is 0 Å². The van der Waals surface area contributed by atoms with E-state index in [2.05, 4.69) is 48.8 Å². The van der Waals surface area contributed by atoms with E-state index in [1.165, 1.54) is 23.5 Å². The van der Waals surface area contributed by atoms with Gasteiger partial charge in [-0.1, -0.05) is 13.8 Å². The van der Waals surface area contributed by atoms with Gasteiger partial charge in [0.2, 0.25) is 0 Å². The highest BCUT2D eigenvalue weighted by Crippen LogP contribution is 2.34. The van der Waals surface area contributed by atoms with Crippen LogP contribution >= 0.6 is 23.5 Å². The molecule has 0 bridgehead atoms. The summed E-state index contributed by atoms with van der Waals surface area (Å²) < 4.78 is 5.19. The minimum atomic E-state index is 0.565. The number of furan rings is 1. The smallest absolute Gasteiger partial charge is 0.0935 e. The molecule has 2 rings (SSSR count). The fourth-order valence-electron chi connectivity index (χ4n) is 2.39. The van der Waals surface area contributed by atoms with Crippen molar-refractivity contribution in [2.45, 2.75) is 43.2 Å². The summed E-state index contributed by atoms with van der Waals surface area (Å²) in [5, 5.41) is 5.19. The molecule has 0 amide bonds. The Hall–Kier alpha value is -0.0600. The number of thioether (sulfide) groups is 2. The first kappa shape index (κ1) is 14.4. The van der Waals surface area contributed by atoms with Gasteiger partial charge in [0.05, 0.1) is 12.5 Å². The maximum atomic E-state index is 5.19. The highest BCUT2D eigenvalue weighted by molar-refractivity contribution is 8.07. The molecule has 1 aromatic heterocycles. The van der Waals surface area contributed by atoms with E-state index in [1.807, 2.05) is 6.26 Å². The zero-order valence-electron chi connectivity index (χ0n) is 11.2. The van der Waals surface area contributed by atoms with E-state index >= 15 is 0 Å². The van der Waals surface area contributed by atoms with Crippen LogP contribution in [-0.4, -0.2) is 34.6 Å². The summed E-state index contributed by atoms with van der Waals surface area (Å²) in [6.45, 7) is 5.71. The summed E-state index contributed by atoms with van der Waals surface area (Å²) in [4.78, 5) is 0. The molecule has 1 fully saturated rings. The van der Waals surface area contributed by atoms with Crippen LogP contribution in [0.25, 0.3) is 0 Å². The van der Waals surface area contributed by atoms with Gasteiger partial charge in [0.1, 0.15) is 0 Å². The van der Waals surface area contributed by atoms with Gasteiger partial charge in [-0.3, -0.25) is 0 Å². The van der Waals surface area contributed by atoms with Gasteiger partial charge in [-0.25, -0.2) is 0 Å². The molecule has 3 unspecified atom stereocenters. The minimum Gasteiger partial charge on any atom is -0.472 e. The molecule has 2 nitrogen and oxygen atoms in total. The Morgan fingerprint density at radius 3 is 2.94 bits per heavy atom. The van der Waals surface area contributed by atoms with E-state index in [-0.39, 0.29) is 0 Å². The summed E-state index contributed by atoms with van der Waals surface area (Å²) in [6, 6.07) is 2.65. The molecule has 1 saturated heterocycles. The van der Waals surface area contributed by atoms with E-state index in [1.54, 1.807) is 6.26 Å². The lowest BCUT2D eigenvalue weighted by molar-refractivity contribution is 0.483. The van der Waals surface area contributed by atoms with Gasteiger partial charge in [-0.15, -0.1) is 0 Å². The zero-order valence-corrected chi connectivity index (χ0v) is 12.9. The second-order valence-electron chi connectivity index (χ2n) is 4.81. The van der Waals surface area contributed by atoms with Crippen molar-refractivity contribution < 1.29 is 4.42 Å². The van der Waals surface area contributed by atoms with Crippen molar-refractivity contribution in [3.8, 4) is 0 Å². The van der Waals surface area contributed by atoms with Crippen molar-refractivity contribution in [3.63, 3.8) is 0 Å². The molecule has 3 atom stereocenters. The van der Waals surface area contributed by atoms with Crippen molar-refractivity contribution >= 4 is 23.5 Å². The molecule has 0 spiro atoms. The van der Waals surface area contributed by atoms with Gasteiger partial charge in [0.25, 0.3) is 0 Å². The molecule has 102 valence electrons. The summed E-state index contributed by atoms with van der Waals surface area (Å²) in [7, 11) is 0. The molecule has 0 aliphatic carbocycles. The Bertz CT molecular complexity index is 329. The Balaban J connectivity index is 1.98. The second-order valence-corrected chi connectivity index (χ2v) is 7.58. The summed E-state index contributed by atoms with van der Waals surface area (Å²) in [5.74, 6) is 2.59. The standard InChI is InChI=1S/C14H23NOS2/c1-3-5-15-13(9-12-4-6-16-10-12)14-11(2)17-7-8-18-14/h4,6,10-11,13-15H,3,5,7-9H2,1-2H3. The van der Waals surface area contributed by atoms with Gasteiger partial charge >= 0.3 is 0 Å². The average Bonchev–Trinajstić information content (AvgIpc) is 2.88. The van der Waals surface area contributed by atoms with Crippen LogP contribution in [0.15, 0.2) is 23.0 Å². The molecule has 1 aliphatic heterocycles. The average molecular weight is 285 g/mol. The molecule has 18 heavy (non-hydrogen) atoms. The SMILES string of the molecule is CCCNC(Cc1ccoc1)C1SCCSC1C. The van der Waals surface area contributed by atoms with Crippen LogP contribution in [0, 0.1) is 0 Å². The Kier molecular flexibility index (Phi) is 5.99. The van der Waals surface area contributed by atoms with Crippen molar-refractivity contribution in [1.82, 2.24) is 5.32 Å². The molecule has 1 N–H and O–H groups in total. The maximum Gasteiger partial charge on any atom is 0.0935 e. The third kappa shape index (κ3) is 3.97. The van der Waals surface area contributed by atoms with E-state index in [0.717, 1.165) is 18.2 Å². The number of nitrogens with one attached hydrogen (secondary N) is 1. The minimum absolute atomic E-state index is 0.565. The lowest BCUT2D eigenvalue weighted by atomic mass is 10.0. The number of rotatable bonds is 6. The molecule has 1 aromatic rings. The van der Waals surface area contributed by atoms with Crippen LogP contribution in [0.4, 0.5) is 0 Å². The Labute approximate surface area is 119 Å². The summed E-state index contributed by atoms with van der Waals surface area (Å²) in [5.41, 5.74) is 1.31. The van der Waals surface area contributed by atoms with Gasteiger partial charge in [-0.2, -0.15) is 23.5 Å². The fourth-order valence-corrected chi connectivity index (χ4v) is 5.35. The highest BCUT2D eigenvalue weighted by atomic mass is 32.2. The van der Waals surface area contributed by atoms with Crippen LogP contribution in [0.3, 0.4) is 0 Å². The van der Waals surface area contributed by atoms with E-state index < -0.39 is 0 Å². The Morgan fingerprint density at radius 2 is 2.28 bits per heavy atom. The van der Waals surface area contributed by atoms with E-state index in [0.29, 0.717) is 11.3 Å². The predicted molar refractivity (Wildman–Crippen MR) is 82.7 cm³/mol. The maximum absolute atomic E-state index is 5.19. The normalized spacial score (nSPS) is 26.1. The monoisotopic (exact) mass is 285 g/mol. The molecular formula is C14H23NOS2. The quantitative estimate of drug-likeness (QED) is 0.866. The molecule has 1 aliphatic rings. The highest BCUT2D eigenvalue weighted by Gasteiger charge is 2.30. The zero-order chi connectivity index (χ0) is 12.8. The van der Waals surface area contributed by atoms with Crippen molar-refractivity contribution in [2.75, 3.05) is 18.1 Å². The molecule has 0 radical (unpaired) electrons. The first-order chi connectivity index (χ1) is 8.81. The topological polar surface area (TPSA) is 25.2 Å². The van der Waals surface area contributed by atoms with Crippen molar-refractivity contribution in [3.05, 3.63) is 24.2 Å². The second kappa shape index (κ2) is 7.51. The summed E-state index contributed by atoms with van der Waals surface area (Å²) >= 11 is 4.25. The Morgan fingerprint density at radius 1 is 1.44 bits per heavy atom. The molecule has 0 saturated carbocycles. The lowest BCUT2D eigenvalue weighted by Gasteiger charge is -2.35. The summed E-state index contributed by atoms with van der Waals surface area (Å²) in [6.07, 6.45) is 5.93. The van der Waals surface area contributed by atoms with Crippen molar-refractivity contribution in [2.24, 2.45) is 0 Å². The van der Waals surface area contributed by atoms with Crippen molar-refractivity contribution in [1.29, 1.82) is 0 Å². The first-order valence-electron chi connectivity index (χ1n) is 6.79. The van der Waals surface area contributed by atoms with Gasteiger partial charge in [-0.05, 0) is 31.0 Å². The van der Waals surface area contributed by atoms with E-state index in [4.69, 9.17) is 4.42 Å². The van der Waals surface area contributed by atoms with Crippen LogP contribution in [0.5, 0.6) is 0 Å². The van der Waals surface area contributed by atoms with Crippen LogP contribution in [-0.2, 0) is 6.42 Å². The number of hydrogen-bond acceptors (Lipinski definition) is 4. The number of hydrogen-bond donors (Lipinski definition) is 1. The first-order valence-corrected chi connectivity index (χ1v) is 8.88. The van der Waals surface area contributed by atoms with Gasteiger partial charge in [0, 0.05) is 28.0 Å². The lowest BCUT2D eigenvalue weighted by Crippen LogP contribution is -2.46. The fraction of sp³-hybridized carbons (Fsp3) is 0.714. The third-order valence-electron chi connectivity index (χ3n) is 3.33. The van der Waals surface area contributed by atoms with Crippen LogP contribution in [0.1, 0.15) is 25.8 Å². The predicted octanol–water partition coefficient (Wildman–Crippen LogP) is 3.43. The molecule has 0 aromatic carbocycles. The van der Waals surface area contributed by atoms with Gasteiger partial charge < -0.3 is 9.73 Å². The van der Waals surface area contributed by atoms with Crippen LogP contribution in [0.2, 0.25) is 0 Å². The third-order valence-corrected chi connectivity index (χ3v) is 6.58. The van der Waals surface area contributed by atoms with Gasteiger partial charge in [0.15, 0.2) is 0 Å². The van der Waals surface area contributed by atoms with Crippen LogP contribution < -0.4 is 5.32 Å². The largest absolute Gasteiger partial charge is 0.472 e. The molecular weight excluding hydrogens is 262 g/mol. The molecule has 4 heteroatoms.